The molecule has 1 fully saturated rings. The molecular weight excluding hydrogens is 320 g/mol. The van der Waals surface area contributed by atoms with E-state index in [1.165, 1.54) is 28.3 Å². The van der Waals surface area contributed by atoms with Gasteiger partial charge in [0.2, 0.25) is 15.9 Å². The third kappa shape index (κ3) is 2.67. The largest absolute Gasteiger partial charge is 0.478 e. The monoisotopic (exact) mass is 338 g/mol. The molecule has 2 aliphatic heterocycles. The molecule has 0 spiro atoms. The van der Waals surface area contributed by atoms with E-state index in [-0.39, 0.29) is 17.2 Å². The van der Waals surface area contributed by atoms with E-state index in [4.69, 9.17) is 0 Å². The van der Waals surface area contributed by atoms with E-state index in [0.717, 1.165) is 12.0 Å². The third-order valence-electron chi connectivity index (χ3n) is 4.32. The van der Waals surface area contributed by atoms with Gasteiger partial charge >= 0.3 is 5.97 Å². The molecule has 1 aromatic rings. The Morgan fingerprint density at radius 2 is 1.83 bits per heavy atom. The summed E-state index contributed by atoms with van der Waals surface area (Å²) in [7, 11) is -3.44. The highest BCUT2D eigenvalue weighted by Crippen LogP contribution is 2.39. The molecule has 0 bridgehead atoms. The van der Waals surface area contributed by atoms with Crippen LogP contribution in [0.15, 0.2) is 12.1 Å². The first kappa shape index (κ1) is 15.8. The quantitative estimate of drug-likeness (QED) is 0.875. The molecule has 0 radical (unpaired) electrons. The number of carbonyl (C=O) groups is 2. The number of amides is 1. The highest BCUT2D eigenvalue weighted by atomic mass is 32.2. The molecular formula is C15H18N2O5S. The predicted molar refractivity (Wildman–Crippen MR) is 85.5 cm³/mol. The zero-order chi connectivity index (χ0) is 16.8. The lowest BCUT2D eigenvalue weighted by Crippen LogP contribution is -2.38. The second kappa shape index (κ2) is 5.52. The summed E-state index contributed by atoms with van der Waals surface area (Å²) in [5, 5.41) is 9.32. The average molecular weight is 338 g/mol. The smallest absolute Gasteiger partial charge is 0.335 e. The van der Waals surface area contributed by atoms with Crippen molar-refractivity contribution in [1.29, 1.82) is 0 Å². The number of rotatable bonds is 2. The summed E-state index contributed by atoms with van der Waals surface area (Å²) >= 11 is 0. The van der Waals surface area contributed by atoms with E-state index in [9.17, 15) is 23.1 Å². The first-order valence-electron chi connectivity index (χ1n) is 7.50. The second-order valence-electron chi connectivity index (χ2n) is 5.81. The van der Waals surface area contributed by atoms with Crippen LogP contribution in [-0.2, 0) is 21.2 Å². The van der Waals surface area contributed by atoms with Crippen LogP contribution in [0.5, 0.6) is 0 Å². The fraction of sp³-hybridized carbons (Fsp3) is 0.467. The van der Waals surface area contributed by atoms with Crippen LogP contribution < -0.4 is 9.21 Å². The van der Waals surface area contributed by atoms with E-state index in [0.29, 0.717) is 37.3 Å². The normalized spacial score (nSPS) is 19.5. The number of anilines is 2. The van der Waals surface area contributed by atoms with Gasteiger partial charge < -0.3 is 10.0 Å². The summed E-state index contributed by atoms with van der Waals surface area (Å²) in [4.78, 5) is 24.7. The van der Waals surface area contributed by atoms with Crippen LogP contribution in [0.4, 0.5) is 11.4 Å². The summed E-state index contributed by atoms with van der Waals surface area (Å²) in [5.41, 5.74) is 1.64. The predicted octanol–water partition coefficient (Wildman–Crippen LogP) is 1.22. The first-order valence-corrected chi connectivity index (χ1v) is 9.11. The Kier molecular flexibility index (Phi) is 3.79. The topological polar surface area (TPSA) is 95.0 Å². The van der Waals surface area contributed by atoms with Crippen LogP contribution in [0.1, 0.15) is 35.7 Å². The molecule has 7 nitrogen and oxygen atoms in total. The molecule has 1 saturated heterocycles. The van der Waals surface area contributed by atoms with Crippen molar-refractivity contribution < 1.29 is 23.1 Å². The Hall–Kier alpha value is -2.09. The maximum absolute atomic E-state index is 12.4. The standard InChI is InChI=1S/C15H18N2O5S/c1-10(18)16-6-4-12-13(16)8-11(15(19)20)9-14(12)17-5-2-3-7-23(17,21)22/h8-9H,2-7H2,1H3,(H,19,20). The van der Waals surface area contributed by atoms with Gasteiger partial charge in [-0.25, -0.2) is 13.2 Å². The lowest BCUT2D eigenvalue weighted by atomic mass is 10.1. The summed E-state index contributed by atoms with van der Waals surface area (Å²) in [6.45, 7) is 2.20. The summed E-state index contributed by atoms with van der Waals surface area (Å²) in [6.07, 6.45) is 1.87. The van der Waals surface area contributed by atoms with Crippen molar-refractivity contribution >= 4 is 33.3 Å². The Bertz CT molecular complexity index is 787. The van der Waals surface area contributed by atoms with E-state index >= 15 is 0 Å². The second-order valence-corrected chi connectivity index (χ2v) is 7.83. The molecule has 1 N–H and O–H groups in total. The number of benzene rings is 1. The third-order valence-corrected chi connectivity index (χ3v) is 6.18. The lowest BCUT2D eigenvalue weighted by Gasteiger charge is -2.30. The van der Waals surface area contributed by atoms with Gasteiger partial charge in [-0.05, 0) is 31.4 Å². The number of hydrogen-bond donors (Lipinski definition) is 1. The molecule has 8 heteroatoms. The average Bonchev–Trinajstić information content (AvgIpc) is 2.90. The van der Waals surface area contributed by atoms with Crippen LogP contribution in [0, 0.1) is 0 Å². The minimum absolute atomic E-state index is 0.00678. The van der Waals surface area contributed by atoms with Gasteiger partial charge in [0.1, 0.15) is 0 Å². The SMILES string of the molecule is CC(=O)N1CCc2c1cc(C(=O)O)cc2N1CCCCS1(=O)=O. The molecule has 0 aromatic heterocycles. The number of hydrogen-bond acceptors (Lipinski definition) is 4. The van der Waals surface area contributed by atoms with E-state index in [1.54, 1.807) is 0 Å². The number of carbonyl (C=O) groups excluding carboxylic acids is 1. The van der Waals surface area contributed by atoms with Crippen molar-refractivity contribution in [2.75, 3.05) is 28.0 Å². The summed E-state index contributed by atoms with van der Waals surface area (Å²) in [5.74, 6) is -1.26. The molecule has 2 aliphatic rings. The highest BCUT2D eigenvalue weighted by Gasteiger charge is 2.33. The Morgan fingerprint density at radius 1 is 1.13 bits per heavy atom. The van der Waals surface area contributed by atoms with Crippen molar-refractivity contribution in [1.82, 2.24) is 0 Å². The van der Waals surface area contributed by atoms with Gasteiger partial charge in [0, 0.05) is 31.3 Å². The van der Waals surface area contributed by atoms with Gasteiger partial charge in [-0.3, -0.25) is 9.10 Å². The van der Waals surface area contributed by atoms with Crippen molar-refractivity contribution in [3.05, 3.63) is 23.3 Å². The van der Waals surface area contributed by atoms with Crippen LogP contribution in [0.25, 0.3) is 0 Å². The fourth-order valence-corrected chi connectivity index (χ4v) is 4.87. The first-order chi connectivity index (χ1) is 10.8. The number of fused-ring (bicyclic) bond motifs is 1. The number of sulfonamides is 1. The zero-order valence-electron chi connectivity index (χ0n) is 12.8. The minimum atomic E-state index is -3.44. The summed E-state index contributed by atoms with van der Waals surface area (Å²) < 4.78 is 26.1. The molecule has 1 aromatic carbocycles. The number of aromatic carboxylic acids is 1. The van der Waals surface area contributed by atoms with Gasteiger partial charge in [0.05, 0.1) is 17.0 Å². The zero-order valence-corrected chi connectivity index (χ0v) is 13.6. The van der Waals surface area contributed by atoms with Crippen LogP contribution >= 0.6 is 0 Å². The van der Waals surface area contributed by atoms with Crippen LogP contribution in [0.3, 0.4) is 0 Å². The van der Waals surface area contributed by atoms with Gasteiger partial charge in [0.25, 0.3) is 0 Å². The maximum atomic E-state index is 12.4. The van der Waals surface area contributed by atoms with Gasteiger partial charge in [-0.2, -0.15) is 0 Å². The Labute approximate surface area is 134 Å². The molecule has 124 valence electrons. The molecule has 0 unspecified atom stereocenters. The number of carboxylic acids is 1. The molecule has 1 amide bonds. The molecule has 2 heterocycles. The molecule has 0 atom stereocenters. The molecule has 0 saturated carbocycles. The fourth-order valence-electron chi connectivity index (χ4n) is 3.22. The van der Waals surface area contributed by atoms with Crippen molar-refractivity contribution in [3.63, 3.8) is 0 Å². The number of nitrogens with zero attached hydrogens (tertiary/aromatic N) is 2. The molecule has 0 aliphatic carbocycles. The van der Waals surface area contributed by atoms with Gasteiger partial charge in [-0.15, -0.1) is 0 Å². The molecule has 23 heavy (non-hydrogen) atoms. The molecule has 3 rings (SSSR count). The van der Waals surface area contributed by atoms with E-state index in [2.05, 4.69) is 0 Å². The maximum Gasteiger partial charge on any atom is 0.335 e. The Morgan fingerprint density at radius 3 is 2.43 bits per heavy atom. The minimum Gasteiger partial charge on any atom is -0.478 e. The number of carboxylic acid groups (broad SMARTS) is 1. The van der Waals surface area contributed by atoms with Crippen molar-refractivity contribution in [3.8, 4) is 0 Å². The lowest BCUT2D eigenvalue weighted by molar-refractivity contribution is -0.116. The van der Waals surface area contributed by atoms with E-state index < -0.39 is 16.0 Å². The summed E-state index contributed by atoms with van der Waals surface area (Å²) in [6, 6.07) is 2.86. The van der Waals surface area contributed by atoms with Crippen LogP contribution in [0.2, 0.25) is 0 Å². The van der Waals surface area contributed by atoms with Gasteiger partial charge in [0.15, 0.2) is 0 Å². The van der Waals surface area contributed by atoms with Gasteiger partial charge in [-0.1, -0.05) is 0 Å². The van der Waals surface area contributed by atoms with Crippen molar-refractivity contribution in [2.24, 2.45) is 0 Å². The van der Waals surface area contributed by atoms with Crippen molar-refractivity contribution in [2.45, 2.75) is 26.2 Å². The van der Waals surface area contributed by atoms with Crippen LogP contribution in [-0.4, -0.2) is 44.2 Å². The Balaban J connectivity index is 2.19. The highest BCUT2D eigenvalue weighted by molar-refractivity contribution is 7.92. The van der Waals surface area contributed by atoms with E-state index in [1.807, 2.05) is 0 Å².